The molecule has 0 aliphatic carbocycles. The lowest BCUT2D eigenvalue weighted by molar-refractivity contribution is -0.213. The molecule has 3 rings (SSSR count). The second-order valence-electron chi connectivity index (χ2n) is 13.0. The summed E-state index contributed by atoms with van der Waals surface area (Å²) in [5.74, 6) is -3.31. The maximum atomic E-state index is 13.7. The second kappa shape index (κ2) is 17.8. The number of carbonyl (C=O) groups excluding carboxylic acids is 4. The molecule has 4 atom stereocenters. The zero-order chi connectivity index (χ0) is 37.1. The summed E-state index contributed by atoms with van der Waals surface area (Å²) in [4.78, 5) is 53.8. The topological polar surface area (TPSA) is 163 Å². The Balaban J connectivity index is 1.78. The van der Waals surface area contributed by atoms with Gasteiger partial charge in [-0.05, 0) is 68.0 Å². The van der Waals surface area contributed by atoms with Crippen molar-refractivity contribution in [1.29, 1.82) is 0 Å². The molecule has 0 aliphatic rings. The molecule has 13 heteroatoms. The van der Waals surface area contributed by atoms with Gasteiger partial charge in [-0.3, -0.25) is 19.2 Å². The largest absolute Gasteiger partial charge is 0.416 e. The van der Waals surface area contributed by atoms with Gasteiger partial charge in [0, 0.05) is 12.0 Å². The third kappa shape index (κ3) is 11.4. The van der Waals surface area contributed by atoms with Gasteiger partial charge in [0.15, 0.2) is 6.10 Å². The lowest BCUT2D eigenvalue weighted by Crippen LogP contribution is -2.63. The molecule has 50 heavy (non-hydrogen) atoms. The van der Waals surface area contributed by atoms with Gasteiger partial charge in [0.1, 0.15) is 17.6 Å². The Kier molecular flexibility index (Phi) is 14.1. The number of rotatable bonds is 16. The van der Waals surface area contributed by atoms with Crippen LogP contribution in [0.4, 0.5) is 13.2 Å². The first-order chi connectivity index (χ1) is 23.5. The van der Waals surface area contributed by atoms with Crippen LogP contribution in [0.3, 0.4) is 0 Å². The molecule has 0 aromatic heterocycles. The van der Waals surface area contributed by atoms with Crippen molar-refractivity contribution in [3.05, 3.63) is 96.1 Å². The van der Waals surface area contributed by atoms with Crippen molar-refractivity contribution in [3.8, 4) is 11.1 Å². The summed E-state index contributed by atoms with van der Waals surface area (Å²) < 4.78 is 40.0. The second-order valence-corrected chi connectivity index (χ2v) is 13.0. The van der Waals surface area contributed by atoms with Crippen molar-refractivity contribution in [2.75, 3.05) is 6.54 Å². The van der Waals surface area contributed by atoms with Gasteiger partial charge in [-0.25, -0.2) is 0 Å². The number of hydrogen-bond acceptors (Lipinski definition) is 6. The van der Waals surface area contributed by atoms with E-state index in [4.69, 9.17) is 5.73 Å². The lowest BCUT2D eigenvalue weighted by Gasteiger charge is -2.32. The Hall–Kier alpha value is -4.75. The van der Waals surface area contributed by atoms with E-state index in [0.29, 0.717) is 11.1 Å². The van der Waals surface area contributed by atoms with Crippen LogP contribution < -0.4 is 27.0 Å². The summed E-state index contributed by atoms with van der Waals surface area (Å²) in [5, 5.41) is 20.1. The van der Waals surface area contributed by atoms with Crippen molar-refractivity contribution in [3.63, 3.8) is 0 Å². The molecule has 270 valence electrons. The van der Waals surface area contributed by atoms with Gasteiger partial charge in [0.05, 0.1) is 6.04 Å². The van der Waals surface area contributed by atoms with Crippen molar-refractivity contribution in [2.24, 2.45) is 11.7 Å². The first kappa shape index (κ1) is 39.7. The number of alkyl halides is 3. The molecule has 0 bridgehead atoms. The number of nitrogens with two attached hydrogens (primary N) is 1. The molecule has 0 saturated carbocycles. The smallest absolute Gasteiger partial charge is 0.382 e. The molecule has 0 spiro atoms. The van der Waals surface area contributed by atoms with E-state index >= 15 is 0 Å². The summed E-state index contributed by atoms with van der Waals surface area (Å²) >= 11 is 0. The van der Waals surface area contributed by atoms with Crippen LogP contribution in [0.1, 0.15) is 56.5 Å². The van der Waals surface area contributed by atoms with Gasteiger partial charge in [0.2, 0.25) is 17.7 Å². The van der Waals surface area contributed by atoms with Crippen molar-refractivity contribution < 1.29 is 37.5 Å². The number of benzene rings is 3. The summed E-state index contributed by atoms with van der Waals surface area (Å²) in [6.45, 7) is 6.10. The van der Waals surface area contributed by atoms with Crippen molar-refractivity contribution in [1.82, 2.24) is 21.3 Å². The van der Waals surface area contributed by atoms with E-state index in [0.717, 1.165) is 11.1 Å². The number of nitrogens with one attached hydrogen (secondary N) is 4. The fraction of sp³-hybridized carbons (Fsp3) is 0.405. The predicted molar refractivity (Wildman–Crippen MR) is 185 cm³/mol. The van der Waals surface area contributed by atoms with Crippen LogP contribution in [-0.2, 0) is 20.8 Å². The van der Waals surface area contributed by atoms with Crippen LogP contribution >= 0.6 is 0 Å². The standard InChI is InChI=1S/C37H46F3N5O5/c1-23(2)30(44-32(47)27-19-17-26(18-20-27)25-14-9-6-10-15-25)34(49)42-29(22-24-12-7-5-8-13-24)33(48)45-36(3,4)35(50)43-28(16-11-21-41)31(46)37(38,39)40/h5-10,12-15,17-20,23,28-31,46H,11,16,21-22,41H2,1-4H3,(H,42,49)(H,43,50)(H,44,47)(H,45,48). The molecule has 10 nitrogen and oxygen atoms in total. The Morgan fingerprint density at radius 3 is 1.88 bits per heavy atom. The first-order valence-corrected chi connectivity index (χ1v) is 16.4. The van der Waals surface area contributed by atoms with E-state index in [1.54, 1.807) is 68.4 Å². The van der Waals surface area contributed by atoms with Crippen molar-refractivity contribution >= 4 is 23.6 Å². The normalized spacial score (nSPS) is 14.2. The SMILES string of the molecule is CC(C)C(NC(=O)c1ccc(-c2ccccc2)cc1)C(=O)NC(Cc1ccccc1)C(=O)NC(C)(C)C(=O)NC(CCCN)C(O)C(F)(F)F. The van der Waals surface area contributed by atoms with Crippen LogP contribution in [0, 0.1) is 5.92 Å². The third-order valence-corrected chi connectivity index (χ3v) is 8.16. The predicted octanol–water partition coefficient (Wildman–Crippen LogP) is 3.88. The summed E-state index contributed by atoms with van der Waals surface area (Å²) in [5.41, 5.74) is 6.57. The molecule has 3 aromatic carbocycles. The molecule has 4 amide bonds. The van der Waals surface area contributed by atoms with E-state index in [1.165, 1.54) is 13.8 Å². The fourth-order valence-electron chi connectivity index (χ4n) is 5.20. The number of amides is 4. The average molecular weight is 698 g/mol. The Morgan fingerprint density at radius 1 is 0.780 bits per heavy atom. The maximum absolute atomic E-state index is 13.7. The number of aliphatic hydroxyl groups is 1. The van der Waals surface area contributed by atoms with Crippen LogP contribution in [0.5, 0.6) is 0 Å². The maximum Gasteiger partial charge on any atom is 0.416 e. The Bertz CT molecular complexity index is 1570. The van der Waals surface area contributed by atoms with Gasteiger partial charge in [-0.1, -0.05) is 86.6 Å². The van der Waals surface area contributed by atoms with E-state index < -0.39 is 65.5 Å². The summed E-state index contributed by atoms with van der Waals surface area (Å²) in [6.07, 6.45) is -8.00. The molecular weight excluding hydrogens is 651 g/mol. The van der Waals surface area contributed by atoms with Crippen LogP contribution in [0.25, 0.3) is 11.1 Å². The highest BCUT2D eigenvalue weighted by molar-refractivity contribution is 5.99. The fourth-order valence-corrected chi connectivity index (χ4v) is 5.20. The molecule has 0 radical (unpaired) electrons. The molecular formula is C37H46F3N5O5. The monoisotopic (exact) mass is 697 g/mol. The van der Waals surface area contributed by atoms with Gasteiger partial charge in [0.25, 0.3) is 5.91 Å². The minimum atomic E-state index is -5.00. The first-order valence-electron chi connectivity index (χ1n) is 16.4. The van der Waals surface area contributed by atoms with Crippen molar-refractivity contribution in [2.45, 2.75) is 82.9 Å². The highest BCUT2D eigenvalue weighted by atomic mass is 19.4. The minimum absolute atomic E-state index is 0.00172. The van der Waals surface area contributed by atoms with E-state index in [1.807, 2.05) is 30.3 Å². The van der Waals surface area contributed by atoms with Gasteiger partial charge < -0.3 is 32.1 Å². The van der Waals surface area contributed by atoms with Gasteiger partial charge >= 0.3 is 6.18 Å². The zero-order valence-corrected chi connectivity index (χ0v) is 28.6. The van der Waals surface area contributed by atoms with Crippen LogP contribution in [0.2, 0.25) is 0 Å². The van der Waals surface area contributed by atoms with E-state index in [2.05, 4.69) is 21.3 Å². The molecule has 0 heterocycles. The minimum Gasteiger partial charge on any atom is -0.382 e. The van der Waals surface area contributed by atoms with Gasteiger partial charge in [-0.15, -0.1) is 0 Å². The highest BCUT2D eigenvalue weighted by Crippen LogP contribution is 2.25. The van der Waals surface area contributed by atoms with Gasteiger partial charge in [-0.2, -0.15) is 13.2 Å². The van der Waals surface area contributed by atoms with Crippen LogP contribution in [0.15, 0.2) is 84.9 Å². The number of hydrogen-bond donors (Lipinski definition) is 6. The van der Waals surface area contributed by atoms with E-state index in [9.17, 15) is 37.5 Å². The molecule has 0 saturated heterocycles. The quantitative estimate of drug-likeness (QED) is 0.133. The summed E-state index contributed by atoms with van der Waals surface area (Å²) in [7, 11) is 0. The lowest BCUT2D eigenvalue weighted by atomic mass is 9.97. The highest BCUT2D eigenvalue weighted by Gasteiger charge is 2.45. The Morgan fingerprint density at radius 2 is 1.34 bits per heavy atom. The molecule has 0 aliphatic heterocycles. The molecule has 4 unspecified atom stereocenters. The third-order valence-electron chi connectivity index (χ3n) is 8.16. The molecule has 7 N–H and O–H groups in total. The summed E-state index contributed by atoms with van der Waals surface area (Å²) in [6, 6.07) is 21.3. The number of aliphatic hydroxyl groups excluding tert-OH is 1. The molecule has 0 fully saturated rings. The number of halogens is 3. The van der Waals surface area contributed by atoms with Crippen LogP contribution in [-0.4, -0.2) is 71.2 Å². The average Bonchev–Trinajstić information content (AvgIpc) is 3.08. The number of carbonyl (C=O) groups is 4. The Labute approximate surface area is 290 Å². The molecule has 3 aromatic rings. The zero-order valence-electron chi connectivity index (χ0n) is 28.6. The van der Waals surface area contributed by atoms with E-state index in [-0.39, 0.29) is 25.8 Å².